The number of benzene rings is 1. The lowest BCUT2D eigenvalue weighted by atomic mass is 10.0. The minimum Gasteiger partial charge on any atom is -0.481 e. The first-order valence-electron chi connectivity index (χ1n) is 7.42. The van der Waals surface area contributed by atoms with Gasteiger partial charge in [-0.2, -0.15) is 0 Å². The Morgan fingerprint density at radius 1 is 1.26 bits per heavy atom. The quantitative estimate of drug-likeness (QED) is 0.814. The van der Waals surface area contributed by atoms with E-state index in [1.807, 2.05) is 30.3 Å². The van der Waals surface area contributed by atoms with Crippen molar-refractivity contribution in [2.24, 2.45) is 5.92 Å². The number of carbonyl (C=O) groups is 3. The fraction of sp³-hybridized carbons (Fsp3) is 0.353. The van der Waals surface area contributed by atoms with E-state index in [1.165, 1.54) is 4.90 Å². The highest BCUT2D eigenvalue weighted by Crippen LogP contribution is 2.34. The SMILES string of the molecule is CCC(=O)OC1=C(C)N(Cc2ccccc2)C(=O)C1CC(=O)O. The van der Waals surface area contributed by atoms with Crippen LogP contribution in [0.4, 0.5) is 0 Å². The maximum atomic E-state index is 12.6. The number of amides is 1. The second-order valence-corrected chi connectivity index (χ2v) is 5.34. The Labute approximate surface area is 134 Å². The van der Waals surface area contributed by atoms with Crippen LogP contribution in [0.15, 0.2) is 41.8 Å². The van der Waals surface area contributed by atoms with Gasteiger partial charge in [0.05, 0.1) is 18.7 Å². The molecular formula is C17H19NO5. The summed E-state index contributed by atoms with van der Waals surface area (Å²) in [6.07, 6.45) is -0.239. The molecule has 0 aliphatic carbocycles. The van der Waals surface area contributed by atoms with Gasteiger partial charge in [0.15, 0.2) is 0 Å². The number of carboxylic acid groups (broad SMARTS) is 1. The molecule has 1 aromatic rings. The van der Waals surface area contributed by atoms with E-state index >= 15 is 0 Å². The van der Waals surface area contributed by atoms with Gasteiger partial charge in [-0.05, 0) is 12.5 Å². The number of rotatable bonds is 6. The first-order valence-corrected chi connectivity index (χ1v) is 7.42. The first-order chi connectivity index (χ1) is 10.9. The van der Waals surface area contributed by atoms with Gasteiger partial charge < -0.3 is 14.7 Å². The number of aliphatic carboxylic acids is 1. The molecule has 0 saturated carbocycles. The summed E-state index contributed by atoms with van der Waals surface area (Å²) in [7, 11) is 0. The number of ether oxygens (including phenoxy) is 1. The molecule has 0 spiro atoms. The summed E-state index contributed by atoms with van der Waals surface area (Å²) in [5, 5.41) is 9.03. The zero-order chi connectivity index (χ0) is 17.0. The molecule has 1 N–H and O–H groups in total. The topological polar surface area (TPSA) is 83.9 Å². The predicted molar refractivity (Wildman–Crippen MR) is 81.8 cm³/mol. The van der Waals surface area contributed by atoms with Crippen LogP contribution in [0.2, 0.25) is 0 Å². The minimum atomic E-state index is -1.11. The molecule has 6 nitrogen and oxygen atoms in total. The zero-order valence-corrected chi connectivity index (χ0v) is 13.1. The van der Waals surface area contributed by atoms with Gasteiger partial charge in [0, 0.05) is 6.42 Å². The Morgan fingerprint density at radius 3 is 2.48 bits per heavy atom. The summed E-state index contributed by atoms with van der Waals surface area (Å²) < 4.78 is 5.24. The Hall–Kier alpha value is -2.63. The van der Waals surface area contributed by atoms with Crippen LogP contribution < -0.4 is 0 Å². The van der Waals surface area contributed by atoms with Crippen LogP contribution in [0.1, 0.15) is 32.3 Å². The average molecular weight is 317 g/mol. The van der Waals surface area contributed by atoms with E-state index < -0.39 is 24.3 Å². The third kappa shape index (κ3) is 3.77. The maximum absolute atomic E-state index is 12.6. The molecule has 1 heterocycles. The van der Waals surface area contributed by atoms with Crippen molar-refractivity contribution in [1.29, 1.82) is 0 Å². The number of carboxylic acids is 1. The van der Waals surface area contributed by atoms with Crippen LogP contribution >= 0.6 is 0 Å². The van der Waals surface area contributed by atoms with Crippen LogP contribution in [0.5, 0.6) is 0 Å². The highest BCUT2D eigenvalue weighted by molar-refractivity contribution is 5.90. The Kier molecular flexibility index (Phi) is 5.16. The summed E-state index contributed by atoms with van der Waals surface area (Å²) in [5.74, 6) is -2.74. The summed E-state index contributed by atoms with van der Waals surface area (Å²) in [6.45, 7) is 3.62. The van der Waals surface area contributed by atoms with E-state index in [0.29, 0.717) is 12.2 Å². The van der Waals surface area contributed by atoms with Gasteiger partial charge in [-0.15, -0.1) is 0 Å². The molecule has 1 aromatic carbocycles. The lowest BCUT2D eigenvalue weighted by Gasteiger charge is -2.18. The Morgan fingerprint density at radius 2 is 1.91 bits per heavy atom. The van der Waals surface area contributed by atoms with Crippen molar-refractivity contribution in [3.8, 4) is 0 Å². The number of hydrogen-bond donors (Lipinski definition) is 1. The van der Waals surface area contributed by atoms with Crippen LogP contribution in [0, 0.1) is 5.92 Å². The largest absolute Gasteiger partial charge is 0.481 e. The van der Waals surface area contributed by atoms with E-state index in [4.69, 9.17) is 9.84 Å². The molecule has 1 unspecified atom stereocenters. The molecule has 1 aliphatic heterocycles. The third-order valence-electron chi connectivity index (χ3n) is 3.72. The molecule has 0 aromatic heterocycles. The smallest absolute Gasteiger partial charge is 0.310 e. The van der Waals surface area contributed by atoms with Crippen LogP contribution in [-0.4, -0.2) is 27.9 Å². The molecule has 2 rings (SSSR count). The van der Waals surface area contributed by atoms with E-state index in [0.717, 1.165) is 5.56 Å². The normalized spacial score (nSPS) is 17.6. The van der Waals surface area contributed by atoms with Crippen LogP contribution in [0.3, 0.4) is 0 Å². The lowest BCUT2D eigenvalue weighted by molar-refractivity contribution is -0.145. The molecule has 0 bridgehead atoms. The van der Waals surface area contributed by atoms with Crippen molar-refractivity contribution in [3.05, 3.63) is 47.4 Å². The van der Waals surface area contributed by atoms with E-state index in [-0.39, 0.29) is 18.1 Å². The van der Waals surface area contributed by atoms with Crippen molar-refractivity contribution in [2.75, 3.05) is 0 Å². The monoisotopic (exact) mass is 317 g/mol. The molecule has 1 aliphatic rings. The fourth-order valence-electron chi connectivity index (χ4n) is 2.51. The van der Waals surface area contributed by atoms with Gasteiger partial charge in [-0.1, -0.05) is 37.3 Å². The third-order valence-corrected chi connectivity index (χ3v) is 3.72. The predicted octanol–water partition coefficient (Wildman–Crippen LogP) is 2.30. The number of esters is 1. The van der Waals surface area contributed by atoms with Crippen LogP contribution in [-0.2, 0) is 25.7 Å². The van der Waals surface area contributed by atoms with Crippen molar-refractivity contribution in [1.82, 2.24) is 4.90 Å². The summed E-state index contributed by atoms with van der Waals surface area (Å²) >= 11 is 0. The highest BCUT2D eigenvalue weighted by atomic mass is 16.5. The maximum Gasteiger partial charge on any atom is 0.310 e. The molecule has 0 radical (unpaired) electrons. The Bertz CT molecular complexity index is 650. The summed E-state index contributed by atoms with van der Waals surface area (Å²) in [5.41, 5.74) is 1.41. The van der Waals surface area contributed by atoms with Crippen molar-refractivity contribution in [2.45, 2.75) is 33.2 Å². The first kappa shape index (κ1) is 16.7. The van der Waals surface area contributed by atoms with Crippen molar-refractivity contribution < 1.29 is 24.2 Å². The average Bonchev–Trinajstić information content (AvgIpc) is 2.73. The zero-order valence-electron chi connectivity index (χ0n) is 13.1. The van der Waals surface area contributed by atoms with Gasteiger partial charge in [-0.3, -0.25) is 14.4 Å². The molecule has 0 fully saturated rings. The number of carbonyl (C=O) groups excluding carboxylic acids is 2. The molecule has 0 saturated heterocycles. The highest BCUT2D eigenvalue weighted by Gasteiger charge is 2.41. The second-order valence-electron chi connectivity index (χ2n) is 5.34. The van der Waals surface area contributed by atoms with Gasteiger partial charge in [0.1, 0.15) is 11.7 Å². The van der Waals surface area contributed by atoms with E-state index in [9.17, 15) is 14.4 Å². The molecule has 6 heteroatoms. The lowest BCUT2D eigenvalue weighted by Crippen LogP contribution is -2.29. The second kappa shape index (κ2) is 7.09. The molecule has 1 atom stereocenters. The van der Waals surface area contributed by atoms with Crippen molar-refractivity contribution in [3.63, 3.8) is 0 Å². The number of hydrogen-bond acceptors (Lipinski definition) is 4. The molecule has 1 amide bonds. The van der Waals surface area contributed by atoms with Gasteiger partial charge in [0.2, 0.25) is 5.91 Å². The molecule has 122 valence electrons. The van der Waals surface area contributed by atoms with E-state index in [2.05, 4.69) is 0 Å². The fourth-order valence-corrected chi connectivity index (χ4v) is 2.51. The summed E-state index contributed by atoms with van der Waals surface area (Å²) in [4.78, 5) is 36.7. The van der Waals surface area contributed by atoms with Crippen molar-refractivity contribution >= 4 is 17.8 Å². The minimum absolute atomic E-state index is 0.153. The van der Waals surface area contributed by atoms with E-state index in [1.54, 1.807) is 13.8 Å². The van der Waals surface area contributed by atoms with Crippen LogP contribution in [0.25, 0.3) is 0 Å². The van der Waals surface area contributed by atoms with Gasteiger partial charge in [-0.25, -0.2) is 0 Å². The van der Waals surface area contributed by atoms with Gasteiger partial charge in [0.25, 0.3) is 0 Å². The summed E-state index contributed by atoms with van der Waals surface area (Å²) in [6, 6.07) is 9.36. The Balaban J connectivity index is 2.30. The molecular weight excluding hydrogens is 298 g/mol. The van der Waals surface area contributed by atoms with Gasteiger partial charge >= 0.3 is 11.9 Å². The standard InChI is InChI=1S/C17H19NO5/c1-3-15(21)23-16-11(2)18(10-12-7-5-4-6-8-12)17(22)13(16)9-14(19)20/h4-8,13H,3,9-10H2,1-2H3,(H,19,20). The number of nitrogens with zero attached hydrogens (tertiary/aromatic N) is 1. The number of allylic oxidation sites excluding steroid dienone is 1. The molecule has 23 heavy (non-hydrogen) atoms.